The molecule has 0 fully saturated rings. The van der Waals surface area contributed by atoms with Crippen LogP contribution in [0.4, 0.5) is 0 Å². The zero-order valence-electron chi connectivity index (χ0n) is 11.6. The molecule has 0 bridgehead atoms. The van der Waals surface area contributed by atoms with Crippen molar-refractivity contribution >= 4 is 5.78 Å². The molecule has 0 amide bonds. The number of Topliss-reactive ketones (excluding diaryl/α,β-unsaturated/α-hetero) is 1. The third-order valence-electron chi connectivity index (χ3n) is 3.64. The Morgan fingerprint density at radius 1 is 1.42 bits per heavy atom. The van der Waals surface area contributed by atoms with Crippen molar-refractivity contribution in [1.82, 2.24) is 9.55 Å². The second kappa shape index (κ2) is 4.08. The van der Waals surface area contributed by atoms with Gasteiger partial charge in [0.2, 0.25) is 5.89 Å². The Morgan fingerprint density at radius 2 is 2.21 bits per heavy atom. The number of fused-ring (bicyclic) bond motifs is 1. The van der Waals surface area contributed by atoms with E-state index in [0.717, 1.165) is 23.4 Å². The van der Waals surface area contributed by atoms with Gasteiger partial charge in [-0.15, -0.1) is 0 Å². The van der Waals surface area contributed by atoms with Gasteiger partial charge in [0.25, 0.3) is 0 Å². The van der Waals surface area contributed by atoms with Crippen molar-refractivity contribution in [3.05, 3.63) is 41.4 Å². The fraction of sp³-hybridized carbons (Fsp3) is 0.467. The van der Waals surface area contributed by atoms with Crippen LogP contribution in [0.3, 0.4) is 0 Å². The summed E-state index contributed by atoms with van der Waals surface area (Å²) in [5.41, 5.74) is 2.01. The highest BCUT2D eigenvalue weighted by atomic mass is 16.4. The van der Waals surface area contributed by atoms with Crippen LogP contribution in [0.1, 0.15) is 48.0 Å². The molecule has 0 N–H and O–H groups in total. The Balaban J connectivity index is 1.95. The fourth-order valence-corrected chi connectivity index (χ4v) is 2.77. The third-order valence-corrected chi connectivity index (χ3v) is 3.64. The Morgan fingerprint density at radius 3 is 2.89 bits per heavy atom. The molecule has 0 aliphatic heterocycles. The molecule has 0 radical (unpaired) electrons. The quantitative estimate of drug-likeness (QED) is 0.832. The average Bonchev–Trinajstić information content (AvgIpc) is 2.86. The SMILES string of the molecule is Cc1cnc(Cn2ccc3c2CC(C)(C)CC3=O)o1. The number of carbonyl (C=O) groups is 1. The maximum Gasteiger partial charge on any atom is 0.214 e. The average molecular weight is 258 g/mol. The first-order valence-electron chi connectivity index (χ1n) is 6.57. The number of oxazole rings is 1. The summed E-state index contributed by atoms with van der Waals surface area (Å²) in [6, 6.07) is 1.92. The van der Waals surface area contributed by atoms with Crippen molar-refractivity contribution in [3.63, 3.8) is 0 Å². The fourth-order valence-electron chi connectivity index (χ4n) is 2.77. The van der Waals surface area contributed by atoms with Crippen molar-refractivity contribution < 1.29 is 9.21 Å². The number of carbonyl (C=O) groups excluding carboxylic acids is 1. The lowest BCUT2D eigenvalue weighted by Crippen LogP contribution is -2.28. The van der Waals surface area contributed by atoms with Gasteiger partial charge in [-0.2, -0.15) is 0 Å². The van der Waals surface area contributed by atoms with Gasteiger partial charge >= 0.3 is 0 Å². The van der Waals surface area contributed by atoms with Gasteiger partial charge in [0.05, 0.1) is 12.7 Å². The summed E-state index contributed by atoms with van der Waals surface area (Å²) in [7, 11) is 0. The lowest BCUT2D eigenvalue weighted by molar-refractivity contribution is 0.0910. The van der Waals surface area contributed by atoms with Crippen LogP contribution in [0.2, 0.25) is 0 Å². The van der Waals surface area contributed by atoms with Gasteiger partial charge < -0.3 is 8.98 Å². The van der Waals surface area contributed by atoms with E-state index in [0.29, 0.717) is 18.9 Å². The van der Waals surface area contributed by atoms with E-state index < -0.39 is 0 Å². The summed E-state index contributed by atoms with van der Waals surface area (Å²) in [5.74, 6) is 1.74. The molecule has 4 nitrogen and oxygen atoms in total. The van der Waals surface area contributed by atoms with Crippen LogP contribution >= 0.6 is 0 Å². The summed E-state index contributed by atoms with van der Waals surface area (Å²) in [4.78, 5) is 16.3. The predicted octanol–water partition coefficient (Wildman–Crippen LogP) is 2.99. The molecule has 4 heteroatoms. The van der Waals surface area contributed by atoms with E-state index in [9.17, 15) is 4.79 Å². The molecule has 0 saturated carbocycles. The van der Waals surface area contributed by atoms with Crippen LogP contribution in [0.5, 0.6) is 0 Å². The minimum Gasteiger partial charge on any atom is -0.444 e. The first kappa shape index (κ1) is 12.2. The van der Waals surface area contributed by atoms with E-state index in [1.165, 1.54) is 0 Å². The third kappa shape index (κ3) is 2.23. The highest BCUT2D eigenvalue weighted by molar-refractivity contribution is 5.98. The number of hydrogen-bond donors (Lipinski definition) is 0. The van der Waals surface area contributed by atoms with Crippen molar-refractivity contribution in [2.75, 3.05) is 0 Å². The van der Waals surface area contributed by atoms with Crippen molar-refractivity contribution in [1.29, 1.82) is 0 Å². The highest BCUT2D eigenvalue weighted by Gasteiger charge is 2.33. The van der Waals surface area contributed by atoms with Crippen molar-refractivity contribution in [3.8, 4) is 0 Å². The minimum absolute atomic E-state index is 0.0344. The summed E-state index contributed by atoms with van der Waals surface area (Å²) < 4.78 is 7.59. The highest BCUT2D eigenvalue weighted by Crippen LogP contribution is 2.35. The number of nitrogens with zero attached hydrogens (tertiary/aromatic N) is 2. The number of hydrogen-bond acceptors (Lipinski definition) is 3. The maximum atomic E-state index is 12.1. The van der Waals surface area contributed by atoms with Gasteiger partial charge in [0.15, 0.2) is 5.78 Å². The van der Waals surface area contributed by atoms with Crippen LogP contribution in [0.15, 0.2) is 22.9 Å². The molecule has 19 heavy (non-hydrogen) atoms. The zero-order valence-corrected chi connectivity index (χ0v) is 11.6. The van der Waals surface area contributed by atoms with Gasteiger partial charge in [-0.05, 0) is 24.8 Å². The molecule has 100 valence electrons. The molecule has 2 aromatic heterocycles. The molecular formula is C15H18N2O2. The Hall–Kier alpha value is -1.84. The largest absolute Gasteiger partial charge is 0.444 e. The molecule has 2 heterocycles. The van der Waals surface area contributed by atoms with E-state index in [1.807, 2.05) is 19.2 Å². The van der Waals surface area contributed by atoms with E-state index >= 15 is 0 Å². The van der Waals surface area contributed by atoms with E-state index in [1.54, 1.807) is 6.20 Å². The van der Waals surface area contributed by atoms with E-state index in [4.69, 9.17) is 4.42 Å². The Bertz CT molecular complexity index is 634. The molecule has 3 rings (SSSR count). The van der Waals surface area contributed by atoms with Crippen LogP contribution in [-0.2, 0) is 13.0 Å². The van der Waals surface area contributed by atoms with Gasteiger partial charge in [0.1, 0.15) is 5.76 Å². The number of aromatic nitrogens is 2. The normalized spacial score (nSPS) is 17.5. The topological polar surface area (TPSA) is 48.0 Å². The van der Waals surface area contributed by atoms with Crippen molar-refractivity contribution in [2.45, 2.75) is 40.2 Å². The van der Waals surface area contributed by atoms with Gasteiger partial charge in [0, 0.05) is 23.9 Å². The molecule has 0 unspecified atom stereocenters. The molecular weight excluding hydrogens is 240 g/mol. The Kier molecular flexibility index (Phi) is 2.62. The second-order valence-corrected chi connectivity index (χ2v) is 6.11. The second-order valence-electron chi connectivity index (χ2n) is 6.11. The first-order valence-corrected chi connectivity index (χ1v) is 6.57. The smallest absolute Gasteiger partial charge is 0.214 e. The number of aryl methyl sites for hydroxylation is 1. The maximum absolute atomic E-state index is 12.1. The Labute approximate surface area is 112 Å². The molecule has 1 aliphatic rings. The molecule has 0 spiro atoms. The number of rotatable bonds is 2. The monoisotopic (exact) mass is 258 g/mol. The van der Waals surface area contributed by atoms with E-state index in [2.05, 4.69) is 23.4 Å². The van der Waals surface area contributed by atoms with Crippen LogP contribution < -0.4 is 0 Å². The van der Waals surface area contributed by atoms with Crippen LogP contribution in [-0.4, -0.2) is 15.3 Å². The predicted molar refractivity (Wildman–Crippen MR) is 71.2 cm³/mol. The van der Waals surface area contributed by atoms with Gasteiger partial charge in [-0.3, -0.25) is 4.79 Å². The summed E-state index contributed by atoms with van der Waals surface area (Å²) in [5, 5.41) is 0. The van der Waals surface area contributed by atoms with Gasteiger partial charge in [-0.1, -0.05) is 13.8 Å². The standard InChI is InChI=1S/C15H18N2O2/c1-10-8-16-14(19-10)9-17-5-4-11-12(17)6-15(2,3)7-13(11)18/h4-5,8H,6-7,9H2,1-3H3. The number of ketones is 1. The molecule has 2 aromatic rings. The van der Waals surface area contributed by atoms with Gasteiger partial charge in [-0.25, -0.2) is 4.98 Å². The summed E-state index contributed by atoms with van der Waals surface area (Å²) in [6.45, 7) is 6.75. The van der Waals surface area contributed by atoms with Crippen LogP contribution in [0, 0.1) is 12.3 Å². The van der Waals surface area contributed by atoms with Crippen molar-refractivity contribution in [2.24, 2.45) is 5.41 Å². The zero-order chi connectivity index (χ0) is 13.6. The molecule has 0 saturated heterocycles. The molecule has 0 atom stereocenters. The minimum atomic E-state index is 0.0344. The summed E-state index contributed by atoms with van der Waals surface area (Å²) >= 11 is 0. The lowest BCUT2D eigenvalue weighted by Gasteiger charge is -2.29. The van der Waals surface area contributed by atoms with E-state index in [-0.39, 0.29) is 11.2 Å². The first-order chi connectivity index (χ1) is 8.94. The summed E-state index contributed by atoms with van der Waals surface area (Å²) in [6.07, 6.45) is 5.23. The lowest BCUT2D eigenvalue weighted by atomic mass is 9.76. The van der Waals surface area contributed by atoms with Crippen LogP contribution in [0.25, 0.3) is 0 Å². The molecule has 1 aliphatic carbocycles. The molecule has 0 aromatic carbocycles.